The van der Waals surface area contributed by atoms with E-state index in [2.05, 4.69) is 26.1 Å². The standard InChI is InChI=1S/C10H16BrN3OS/c1-7(2)14-8(15)12-13-9(14)16-6-10(5-11)3-4-10/h7H,3-6H2,1-2H3,(H,12,15). The lowest BCUT2D eigenvalue weighted by molar-refractivity contribution is 0.533. The van der Waals surface area contributed by atoms with Gasteiger partial charge in [-0.2, -0.15) is 0 Å². The Kier molecular flexibility index (Phi) is 3.49. The topological polar surface area (TPSA) is 50.7 Å². The molecule has 1 saturated carbocycles. The van der Waals surface area contributed by atoms with Crippen molar-refractivity contribution in [2.24, 2.45) is 5.41 Å². The highest BCUT2D eigenvalue weighted by Crippen LogP contribution is 2.50. The SMILES string of the molecule is CC(C)n1c(SCC2(CBr)CC2)n[nH]c1=O. The Bertz CT molecular complexity index is 422. The van der Waals surface area contributed by atoms with Crippen LogP contribution in [0.2, 0.25) is 0 Å². The van der Waals surface area contributed by atoms with Gasteiger partial charge in [-0.15, -0.1) is 5.10 Å². The highest BCUT2D eigenvalue weighted by atomic mass is 79.9. The second-order valence-corrected chi connectivity index (χ2v) is 6.20. The van der Waals surface area contributed by atoms with Crippen molar-refractivity contribution in [3.05, 3.63) is 10.5 Å². The quantitative estimate of drug-likeness (QED) is 0.671. The zero-order valence-corrected chi connectivity index (χ0v) is 11.9. The Hall–Kier alpha value is -0.230. The van der Waals surface area contributed by atoms with Crippen LogP contribution in [0.1, 0.15) is 32.7 Å². The highest BCUT2D eigenvalue weighted by Gasteiger charge is 2.41. The Morgan fingerprint density at radius 3 is 2.81 bits per heavy atom. The molecule has 0 atom stereocenters. The largest absolute Gasteiger partial charge is 0.344 e. The van der Waals surface area contributed by atoms with Gasteiger partial charge >= 0.3 is 5.69 Å². The molecule has 0 amide bonds. The molecule has 0 aromatic carbocycles. The molecule has 16 heavy (non-hydrogen) atoms. The summed E-state index contributed by atoms with van der Waals surface area (Å²) in [5.41, 5.74) is 0.336. The third-order valence-corrected chi connectivity index (χ3v) is 5.43. The minimum absolute atomic E-state index is 0.110. The molecule has 1 aliphatic rings. The normalized spacial score (nSPS) is 18.0. The first-order valence-electron chi connectivity index (χ1n) is 5.44. The molecule has 2 rings (SSSR count). The van der Waals surface area contributed by atoms with Gasteiger partial charge in [0, 0.05) is 17.1 Å². The minimum Gasteiger partial charge on any atom is -0.268 e. The molecule has 0 unspecified atom stereocenters. The number of nitrogens with zero attached hydrogens (tertiary/aromatic N) is 2. The number of rotatable bonds is 5. The van der Waals surface area contributed by atoms with Crippen LogP contribution in [0.5, 0.6) is 0 Å². The number of halogens is 1. The van der Waals surface area contributed by atoms with Crippen LogP contribution in [0.3, 0.4) is 0 Å². The molecule has 1 fully saturated rings. The predicted molar refractivity (Wildman–Crippen MR) is 69.4 cm³/mol. The van der Waals surface area contributed by atoms with Gasteiger partial charge in [0.2, 0.25) is 0 Å². The van der Waals surface area contributed by atoms with Gasteiger partial charge in [-0.1, -0.05) is 27.7 Å². The number of aromatic amines is 1. The van der Waals surface area contributed by atoms with Crippen molar-refractivity contribution in [1.29, 1.82) is 0 Å². The van der Waals surface area contributed by atoms with E-state index in [4.69, 9.17) is 0 Å². The van der Waals surface area contributed by atoms with E-state index in [0.717, 1.165) is 16.2 Å². The smallest absolute Gasteiger partial charge is 0.268 e. The molecule has 1 heterocycles. The molecular formula is C10H16BrN3OS. The van der Waals surface area contributed by atoms with Crippen molar-refractivity contribution in [3.63, 3.8) is 0 Å². The fourth-order valence-corrected chi connectivity index (χ4v) is 3.95. The molecule has 0 radical (unpaired) electrons. The van der Waals surface area contributed by atoms with Gasteiger partial charge in [-0.05, 0) is 32.1 Å². The molecule has 0 saturated heterocycles. The first-order valence-corrected chi connectivity index (χ1v) is 7.54. The van der Waals surface area contributed by atoms with Gasteiger partial charge in [0.15, 0.2) is 5.16 Å². The fraction of sp³-hybridized carbons (Fsp3) is 0.800. The Labute approximate surface area is 107 Å². The third kappa shape index (κ3) is 2.37. The molecule has 6 heteroatoms. The molecule has 1 N–H and O–H groups in total. The Morgan fingerprint density at radius 1 is 1.62 bits per heavy atom. The lowest BCUT2D eigenvalue weighted by Gasteiger charge is -2.12. The van der Waals surface area contributed by atoms with Gasteiger partial charge in [-0.25, -0.2) is 9.89 Å². The number of thioether (sulfide) groups is 1. The Balaban J connectivity index is 2.07. The van der Waals surface area contributed by atoms with Gasteiger partial charge < -0.3 is 0 Å². The molecule has 0 aliphatic heterocycles. The van der Waals surface area contributed by atoms with E-state index in [1.165, 1.54) is 12.8 Å². The molecule has 1 aromatic heterocycles. The van der Waals surface area contributed by atoms with Gasteiger partial charge in [0.25, 0.3) is 0 Å². The number of alkyl halides is 1. The first-order chi connectivity index (χ1) is 7.58. The van der Waals surface area contributed by atoms with E-state index in [0.29, 0.717) is 5.41 Å². The van der Waals surface area contributed by atoms with Crippen molar-refractivity contribution >= 4 is 27.7 Å². The minimum atomic E-state index is -0.110. The average Bonchev–Trinajstić information content (AvgIpc) is 2.93. The zero-order chi connectivity index (χ0) is 11.8. The highest BCUT2D eigenvalue weighted by molar-refractivity contribution is 9.09. The number of H-pyrrole nitrogens is 1. The van der Waals surface area contributed by atoms with Crippen LogP contribution in [0.25, 0.3) is 0 Å². The molecule has 0 bridgehead atoms. The molecule has 1 aromatic rings. The number of hydrogen-bond acceptors (Lipinski definition) is 3. The average molecular weight is 306 g/mol. The lowest BCUT2D eigenvalue weighted by Crippen LogP contribution is -2.19. The maximum absolute atomic E-state index is 11.5. The van der Waals surface area contributed by atoms with E-state index < -0.39 is 0 Å². The third-order valence-electron chi connectivity index (χ3n) is 2.94. The second kappa shape index (κ2) is 4.56. The molecule has 0 spiro atoms. The summed E-state index contributed by atoms with van der Waals surface area (Å²) < 4.78 is 1.72. The van der Waals surface area contributed by atoms with E-state index >= 15 is 0 Å². The summed E-state index contributed by atoms with van der Waals surface area (Å²) in [7, 11) is 0. The van der Waals surface area contributed by atoms with Crippen molar-refractivity contribution < 1.29 is 0 Å². The second-order valence-electron chi connectivity index (χ2n) is 4.70. The van der Waals surface area contributed by atoms with E-state index in [1.54, 1.807) is 16.3 Å². The van der Waals surface area contributed by atoms with Crippen LogP contribution in [0.4, 0.5) is 0 Å². The summed E-state index contributed by atoms with van der Waals surface area (Å²) in [5.74, 6) is 1.04. The van der Waals surface area contributed by atoms with Crippen molar-refractivity contribution in [2.75, 3.05) is 11.1 Å². The van der Waals surface area contributed by atoms with Crippen LogP contribution in [0, 0.1) is 5.41 Å². The van der Waals surface area contributed by atoms with E-state index in [-0.39, 0.29) is 11.7 Å². The van der Waals surface area contributed by atoms with Crippen LogP contribution in [-0.4, -0.2) is 25.8 Å². The summed E-state index contributed by atoms with van der Waals surface area (Å²) in [6.07, 6.45) is 2.56. The predicted octanol–water partition coefficient (Wildman–Crippen LogP) is 2.42. The maximum Gasteiger partial charge on any atom is 0.344 e. The van der Waals surface area contributed by atoms with Gasteiger partial charge in [-0.3, -0.25) is 4.57 Å². The van der Waals surface area contributed by atoms with Crippen LogP contribution in [-0.2, 0) is 0 Å². The summed E-state index contributed by atoms with van der Waals surface area (Å²) in [6.45, 7) is 4.00. The van der Waals surface area contributed by atoms with Crippen LogP contribution >= 0.6 is 27.7 Å². The lowest BCUT2D eigenvalue weighted by atomic mass is 10.2. The number of aromatic nitrogens is 3. The van der Waals surface area contributed by atoms with Crippen molar-refractivity contribution in [2.45, 2.75) is 37.9 Å². The van der Waals surface area contributed by atoms with E-state index in [1.807, 2.05) is 13.8 Å². The van der Waals surface area contributed by atoms with Crippen molar-refractivity contribution in [3.8, 4) is 0 Å². The summed E-state index contributed by atoms with van der Waals surface area (Å²) in [5, 5.41) is 8.45. The number of hydrogen-bond donors (Lipinski definition) is 1. The molecular weight excluding hydrogens is 290 g/mol. The van der Waals surface area contributed by atoms with Crippen LogP contribution < -0.4 is 5.69 Å². The monoisotopic (exact) mass is 305 g/mol. The fourth-order valence-electron chi connectivity index (χ4n) is 1.56. The first kappa shape index (κ1) is 12.2. The molecule has 90 valence electrons. The molecule has 4 nitrogen and oxygen atoms in total. The van der Waals surface area contributed by atoms with Gasteiger partial charge in [0.05, 0.1) is 0 Å². The van der Waals surface area contributed by atoms with Crippen molar-refractivity contribution in [1.82, 2.24) is 14.8 Å². The number of nitrogens with one attached hydrogen (secondary N) is 1. The maximum atomic E-state index is 11.5. The zero-order valence-electron chi connectivity index (χ0n) is 9.49. The van der Waals surface area contributed by atoms with Gasteiger partial charge in [0.1, 0.15) is 0 Å². The summed E-state index contributed by atoms with van der Waals surface area (Å²) >= 11 is 5.23. The molecule has 1 aliphatic carbocycles. The van der Waals surface area contributed by atoms with E-state index in [9.17, 15) is 4.79 Å². The Morgan fingerprint density at radius 2 is 2.31 bits per heavy atom. The van der Waals surface area contributed by atoms with Crippen LogP contribution in [0.15, 0.2) is 9.95 Å². The summed E-state index contributed by atoms with van der Waals surface area (Å²) in [6, 6.07) is 0.160. The summed E-state index contributed by atoms with van der Waals surface area (Å²) in [4.78, 5) is 11.5.